The Morgan fingerprint density at radius 2 is 2.06 bits per heavy atom. The number of ether oxygens (including phenoxy) is 1. The molecule has 188 valence electrons. The number of anilines is 1. The molecule has 2 unspecified atom stereocenters. The average molecular weight is 501 g/mol. The molecule has 2 aliphatic rings. The number of aliphatic hydroxyl groups excluding tert-OH is 3. The molecule has 2 heterocycles. The van der Waals surface area contributed by atoms with Crippen LogP contribution in [0.25, 0.3) is 11.2 Å². The van der Waals surface area contributed by atoms with Gasteiger partial charge in [0.1, 0.15) is 11.9 Å². The Morgan fingerprint density at radius 3 is 2.83 bits per heavy atom. The SMILES string of the molecule is CCCSc1nc(NC2CC2c2cccc(OC)c2)c2nnn([C@@H]3C[C@H](CCO)[C@@H](O)[C@H]3O)c2n1. The molecule has 10 nitrogen and oxygen atoms in total. The van der Waals surface area contributed by atoms with Gasteiger partial charge in [-0.15, -0.1) is 5.10 Å². The van der Waals surface area contributed by atoms with Crippen LogP contribution in [0.3, 0.4) is 0 Å². The van der Waals surface area contributed by atoms with E-state index in [-0.39, 0.29) is 18.6 Å². The number of benzene rings is 1. The summed E-state index contributed by atoms with van der Waals surface area (Å²) >= 11 is 1.57. The van der Waals surface area contributed by atoms with Crippen LogP contribution in [0, 0.1) is 5.92 Å². The van der Waals surface area contributed by atoms with Gasteiger partial charge >= 0.3 is 0 Å². The number of thioether (sulfide) groups is 1. The first-order valence-electron chi connectivity index (χ1n) is 12.2. The van der Waals surface area contributed by atoms with Crippen molar-refractivity contribution >= 4 is 28.7 Å². The third-order valence-corrected chi connectivity index (χ3v) is 8.01. The second kappa shape index (κ2) is 10.3. The molecule has 2 aromatic heterocycles. The summed E-state index contributed by atoms with van der Waals surface area (Å²) in [7, 11) is 1.67. The Bertz CT molecular complexity index is 1180. The second-order valence-electron chi connectivity index (χ2n) is 9.34. The lowest BCUT2D eigenvalue weighted by atomic mass is 10.0. The number of nitrogens with one attached hydrogen (secondary N) is 1. The lowest BCUT2D eigenvalue weighted by molar-refractivity contribution is 0.00107. The van der Waals surface area contributed by atoms with Crippen LogP contribution in [0.1, 0.15) is 50.1 Å². The summed E-state index contributed by atoms with van der Waals surface area (Å²) in [6.45, 7) is 2.07. The fraction of sp³-hybridized carbons (Fsp3) is 0.583. The summed E-state index contributed by atoms with van der Waals surface area (Å²) in [4.78, 5) is 9.48. The van der Waals surface area contributed by atoms with Crippen molar-refractivity contribution in [3.05, 3.63) is 29.8 Å². The van der Waals surface area contributed by atoms with Crippen molar-refractivity contribution in [2.24, 2.45) is 5.92 Å². The van der Waals surface area contributed by atoms with Gasteiger partial charge in [-0.3, -0.25) is 0 Å². The van der Waals surface area contributed by atoms with Crippen molar-refractivity contribution in [1.82, 2.24) is 25.0 Å². The van der Waals surface area contributed by atoms with Crippen LogP contribution in [-0.2, 0) is 0 Å². The first-order valence-corrected chi connectivity index (χ1v) is 13.2. The first-order chi connectivity index (χ1) is 17.0. The highest BCUT2D eigenvalue weighted by molar-refractivity contribution is 7.99. The summed E-state index contributed by atoms with van der Waals surface area (Å²) in [6, 6.07) is 7.86. The molecule has 5 rings (SSSR count). The number of hydrogen-bond donors (Lipinski definition) is 4. The van der Waals surface area contributed by atoms with Crippen LogP contribution in [0.2, 0.25) is 0 Å². The minimum absolute atomic E-state index is 0.0385. The van der Waals surface area contributed by atoms with Crippen LogP contribution < -0.4 is 10.1 Å². The molecule has 2 aliphatic carbocycles. The van der Waals surface area contributed by atoms with Crippen LogP contribution in [0.5, 0.6) is 5.75 Å². The Morgan fingerprint density at radius 1 is 1.20 bits per heavy atom. The number of aliphatic hydroxyl groups is 3. The van der Waals surface area contributed by atoms with Gasteiger partial charge in [-0.1, -0.05) is 36.0 Å². The number of nitrogens with zero attached hydrogens (tertiary/aromatic N) is 5. The lowest BCUT2D eigenvalue weighted by Crippen LogP contribution is -2.30. The molecule has 3 aromatic rings. The summed E-state index contributed by atoms with van der Waals surface area (Å²) in [5.41, 5.74) is 2.31. The highest BCUT2D eigenvalue weighted by atomic mass is 32.2. The third-order valence-electron chi connectivity index (χ3n) is 6.96. The van der Waals surface area contributed by atoms with Crippen LogP contribution in [0.4, 0.5) is 5.82 Å². The van der Waals surface area contributed by atoms with Crippen molar-refractivity contribution in [2.75, 3.05) is 24.8 Å². The molecule has 0 amide bonds. The zero-order chi connectivity index (χ0) is 24.5. The van der Waals surface area contributed by atoms with Crippen LogP contribution in [0.15, 0.2) is 29.4 Å². The number of methoxy groups -OCH3 is 1. The third kappa shape index (κ3) is 4.82. The van der Waals surface area contributed by atoms with Gasteiger partial charge in [0.05, 0.1) is 19.3 Å². The summed E-state index contributed by atoms with van der Waals surface area (Å²) in [5, 5.41) is 43.4. The van der Waals surface area contributed by atoms with E-state index in [0.717, 1.165) is 24.3 Å². The first kappa shape index (κ1) is 24.2. The molecule has 11 heteroatoms. The van der Waals surface area contributed by atoms with E-state index in [1.54, 1.807) is 23.6 Å². The maximum absolute atomic E-state index is 10.7. The van der Waals surface area contributed by atoms with Gasteiger partial charge in [0.15, 0.2) is 22.1 Å². The van der Waals surface area contributed by atoms with Gasteiger partial charge in [-0.05, 0) is 49.3 Å². The monoisotopic (exact) mass is 500 g/mol. The molecule has 2 fully saturated rings. The van der Waals surface area contributed by atoms with Gasteiger partial charge in [0, 0.05) is 24.3 Å². The number of rotatable bonds is 10. The summed E-state index contributed by atoms with van der Waals surface area (Å²) < 4.78 is 6.99. The molecule has 0 saturated heterocycles. The molecule has 4 N–H and O–H groups in total. The molecule has 6 atom stereocenters. The smallest absolute Gasteiger partial charge is 0.191 e. The molecule has 0 bridgehead atoms. The zero-order valence-corrected chi connectivity index (χ0v) is 20.7. The molecule has 2 saturated carbocycles. The Labute approximate surface area is 208 Å². The highest BCUT2D eigenvalue weighted by Gasteiger charge is 2.44. The summed E-state index contributed by atoms with van der Waals surface area (Å²) in [5.74, 6) is 2.50. The predicted molar refractivity (Wildman–Crippen MR) is 133 cm³/mol. The molecule has 0 spiro atoms. The van der Waals surface area contributed by atoms with E-state index < -0.39 is 18.2 Å². The molecule has 0 radical (unpaired) electrons. The van der Waals surface area contributed by atoms with E-state index in [4.69, 9.17) is 14.7 Å². The number of hydrogen-bond acceptors (Lipinski definition) is 10. The van der Waals surface area contributed by atoms with Gasteiger partial charge in [0.2, 0.25) is 0 Å². The van der Waals surface area contributed by atoms with Gasteiger partial charge in [-0.2, -0.15) is 0 Å². The Balaban J connectivity index is 1.44. The van der Waals surface area contributed by atoms with Crippen LogP contribution >= 0.6 is 11.8 Å². The van der Waals surface area contributed by atoms with E-state index in [1.807, 2.05) is 12.1 Å². The predicted octanol–water partition coefficient (Wildman–Crippen LogP) is 2.37. The fourth-order valence-electron chi connectivity index (χ4n) is 4.96. The normalized spacial score (nSPS) is 27.9. The van der Waals surface area contributed by atoms with Gasteiger partial charge < -0.3 is 25.4 Å². The topological polar surface area (TPSA) is 138 Å². The van der Waals surface area contributed by atoms with Crippen molar-refractivity contribution in [2.45, 2.75) is 68.0 Å². The number of fused-ring (bicyclic) bond motifs is 1. The highest BCUT2D eigenvalue weighted by Crippen LogP contribution is 2.44. The van der Waals surface area contributed by atoms with Crippen LogP contribution in [-0.4, -0.2) is 78.0 Å². The van der Waals surface area contributed by atoms with Crippen molar-refractivity contribution in [1.29, 1.82) is 0 Å². The Hall–Kier alpha value is -2.47. The Kier molecular flexibility index (Phi) is 7.10. The van der Waals surface area contributed by atoms with Crippen molar-refractivity contribution < 1.29 is 20.1 Å². The van der Waals surface area contributed by atoms with E-state index in [1.165, 1.54) is 5.56 Å². The zero-order valence-electron chi connectivity index (χ0n) is 19.9. The fourth-order valence-corrected chi connectivity index (χ4v) is 5.65. The maximum Gasteiger partial charge on any atom is 0.191 e. The minimum Gasteiger partial charge on any atom is -0.497 e. The largest absolute Gasteiger partial charge is 0.497 e. The van der Waals surface area contributed by atoms with E-state index in [9.17, 15) is 15.3 Å². The van der Waals surface area contributed by atoms with E-state index in [0.29, 0.717) is 40.9 Å². The van der Waals surface area contributed by atoms with Crippen molar-refractivity contribution in [3.8, 4) is 5.75 Å². The quantitative estimate of drug-likeness (QED) is 0.242. The molecule has 0 aliphatic heterocycles. The lowest BCUT2D eigenvalue weighted by Gasteiger charge is -2.17. The van der Waals surface area contributed by atoms with Crippen molar-refractivity contribution in [3.63, 3.8) is 0 Å². The molecular formula is C24H32N6O4S. The molecule has 35 heavy (non-hydrogen) atoms. The second-order valence-corrected chi connectivity index (χ2v) is 10.4. The standard InChI is InChI=1S/C24H32N6O4S/c1-3-9-35-24-26-22(25-17-12-16(17)13-5-4-6-15(10-13)34-2)19-23(27-24)30(29-28-19)18-11-14(7-8-31)20(32)21(18)33/h4-6,10,14,16-18,20-21,31-33H,3,7-9,11-12H2,1-2H3,(H,25,26,27)/t14-,16?,17?,18+,20+,21-/m0/s1. The molecular weight excluding hydrogens is 468 g/mol. The van der Waals surface area contributed by atoms with Gasteiger partial charge in [0.25, 0.3) is 0 Å². The average Bonchev–Trinajstić information content (AvgIpc) is 3.43. The minimum atomic E-state index is -1.00. The van der Waals surface area contributed by atoms with E-state index in [2.05, 4.69) is 34.7 Å². The number of aromatic nitrogens is 5. The summed E-state index contributed by atoms with van der Waals surface area (Å²) in [6.07, 6.45) is 0.953. The molecule has 1 aromatic carbocycles. The van der Waals surface area contributed by atoms with Gasteiger partial charge in [-0.25, -0.2) is 14.6 Å². The van der Waals surface area contributed by atoms with E-state index >= 15 is 0 Å². The maximum atomic E-state index is 10.7.